The predicted octanol–water partition coefficient (Wildman–Crippen LogP) is 3.73. The van der Waals surface area contributed by atoms with Crippen molar-refractivity contribution >= 4 is 47.3 Å². The van der Waals surface area contributed by atoms with Crippen molar-refractivity contribution in [1.82, 2.24) is 9.78 Å². The van der Waals surface area contributed by atoms with E-state index in [9.17, 15) is 4.79 Å². The van der Waals surface area contributed by atoms with E-state index >= 15 is 0 Å². The van der Waals surface area contributed by atoms with Crippen molar-refractivity contribution in [1.29, 1.82) is 0 Å². The second-order valence-corrected chi connectivity index (χ2v) is 5.77. The first-order valence-corrected chi connectivity index (χ1v) is 7.79. The molecule has 0 radical (unpaired) electrons. The monoisotopic (exact) mass is 376 g/mol. The maximum absolute atomic E-state index is 12.0. The summed E-state index contributed by atoms with van der Waals surface area (Å²) >= 11 is 12.3. The van der Waals surface area contributed by atoms with Crippen LogP contribution in [0.2, 0.25) is 10.0 Å². The molecule has 126 valence electrons. The Bertz CT molecular complexity index is 640. The molecule has 1 amide bonds. The van der Waals surface area contributed by atoms with E-state index in [0.717, 1.165) is 12.0 Å². The summed E-state index contributed by atoms with van der Waals surface area (Å²) in [6.07, 6.45) is 3.09. The van der Waals surface area contributed by atoms with E-state index < -0.39 is 6.04 Å². The lowest BCUT2D eigenvalue weighted by Crippen LogP contribution is -2.36. The van der Waals surface area contributed by atoms with Crippen LogP contribution in [0, 0.1) is 0 Å². The summed E-state index contributed by atoms with van der Waals surface area (Å²) in [5.41, 5.74) is 6.56. The number of aromatic nitrogens is 2. The lowest BCUT2D eigenvalue weighted by molar-refractivity contribution is -0.117. The zero-order chi connectivity index (χ0) is 16.1. The third kappa shape index (κ3) is 5.11. The van der Waals surface area contributed by atoms with Crippen LogP contribution < -0.4 is 11.1 Å². The minimum absolute atomic E-state index is 0. The van der Waals surface area contributed by atoms with Gasteiger partial charge in [-0.15, -0.1) is 12.4 Å². The van der Waals surface area contributed by atoms with E-state index in [2.05, 4.69) is 10.4 Å². The number of carbonyl (C=O) groups is 1. The minimum Gasteiger partial charge on any atom is -0.320 e. The molecular weight excluding hydrogens is 359 g/mol. The summed E-state index contributed by atoms with van der Waals surface area (Å²) in [5, 5.41) is 8.10. The quantitative estimate of drug-likeness (QED) is 0.805. The molecule has 0 aliphatic carbocycles. The molecule has 5 nitrogen and oxygen atoms in total. The molecule has 0 saturated carbocycles. The second-order valence-electron chi connectivity index (χ2n) is 4.96. The van der Waals surface area contributed by atoms with Gasteiger partial charge in [0.15, 0.2) is 0 Å². The number of nitrogens with two attached hydrogens (primary N) is 1. The van der Waals surface area contributed by atoms with Gasteiger partial charge >= 0.3 is 0 Å². The zero-order valence-corrected chi connectivity index (χ0v) is 15.0. The number of hydrogen-bond acceptors (Lipinski definition) is 3. The number of halogens is 3. The van der Waals surface area contributed by atoms with Crippen LogP contribution in [0.3, 0.4) is 0 Å². The van der Waals surface area contributed by atoms with E-state index in [1.54, 1.807) is 35.1 Å². The number of nitrogens with zero attached hydrogens (tertiary/aromatic N) is 2. The van der Waals surface area contributed by atoms with Gasteiger partial charge in [-0.2, -0.15) is 5.10 Å². The largest absolute Gasteiger partial charge is 0.320 e. The fourth-order valence-electron chi connectivity index (χ4n) is 2.06. The third-order valence-corrected chi connectivity index (χ3v) is 3.98. The molecule has 1 unspecified atom stereocenters. The molecule has 0 aliphatic rings. The number of hydrogen-bond donors (Lipinski definition) is 2. The summed E-state index contributed by atoms with van der Waals surface area (Å²) in [7, 11) is 0. The van der Waals surface area contributed by atoms with Gasteiger partial charge in [-0.05, 0) is 18.6 Å². The van der Waals surface area contributed by atoms with Crippen molar-refractivity contribution < 1.29 is 4.79 Å². The maximum atomic E-state index is 12.0. The number of benzene rings is 1. The summed E-state index contributed by atoms with van der Waals surface area (Å²) in [6, 6.07) is 6.49. The standard InChI is InChI=1S/C15H18Cl2N4O.ClH/c1-2-4-13(18)15(22)20-14-7-8-19-21(14)9-10-11(16)5-3-6-12(10)17;/h3,5-8,13H,2,4,9,18H2,1H3,(H,20,22);1H. The molecule has 0 fully saturated rings. The van der Waals surface area contributed by atoms with Crippen LogP contribution in [0.5, 0.6) is 0 Å². The first-order chi connectivity index (χ1) is 10.5. The summed E-state index contributed by atoms with van der Waals surface area (Å²) in [5.74, 6) is 0.335. The zero-order valence-electron chi connectivity index (χ0n) is 12.6. The molecule has 3 N–H and O–H groups in total. The van der Waals surface area contributed by atoms with Crippen molar-refractivity contribution in [2.75, 3.05) is 5.32 Å². The van der Waals surface area contributed by atoms with Crippen LogP contribution in [-0.2, 0) is 11.3 Å². The molecule has 0 aliphatic heterocycles. The van der Waals surface area contributed by atoms with Gasteiger partial charge in [0.25, 0.3) is 0 Å². The number of anilines is 1. The molecule has 8 heteroatoms. The fraction of sp³-hybridized carbons (Fsp3) is 0.333. The van der Waals surface area contributed by atoms with Gasteiger partial charge in [0, 0.05) is 21.7 Å². The van der Waals surface area contributed by atoms with Gasteiger partial charge in [-0.3, -0.25) is 4.79 Å². The maximum Gasteiger partial charge on any atom is 0.242 e. The van der Waals surface area contributed by atoms with Gasteiger partial charge in [-0.25, -0.2) is 4.68 Å². The molecule has 2 rings (SSSR count). The molecule has 1 heterocycles. The summed E-state index contributed by atoms with van der Waals surface area (Å²) in [6.45, 7) is 2.35. The highest BCUT2D eigenvalue weighted by Gasteiger charge is 2.15. The average molecular weight is 378 g/mol. The normalized spacial score (nSPS) is 11.7. The molecule has 1 aromatic carbocycles. The highest BCUT2D eigenvalue weighted by Crippen LogP contribution is 2.26. The van der Waals surface area contributed by atoms with E-state index in [4.69, 9.17) is 28.9 Å². The smallest absolute Gasteiger partial charge is 0.242 e. The van der Waals surface area contributed by atoms with E-state index in [1.807, 2.05) is 6.92 Å². The Morgan fingerprint density at radius 1 is 1.35 bits per heavy atom. The molecular formula is C15H19Cl3N4O. The Morgan fingerprint density at radius 3 is 2.61 bits per heavy atom. The van der Waals surface area contributed by atoms with Gasteiger partial charge in [0.05, 0.1) is 18.8 Å². The molecule has 0 spiro atoms. The van der Waals surface area contributed by atoms with Crippen molar-refractivity contribution in [3.8, 4) is 0 Å². The Balaban J connectivity index is 0.00000264. The highest BCUT2D eigenvalue weighted by molar-refractivity contribution is 6.35. The Labute approximate surface area is 151 Å². The topological polar surface area (TPSA) is 72.9 Å². The molecule has 23 heavy (non-hydrogen) atoms. The van der Waals surface area contributed by atoms with Gasteiger partial charge in [0.2, 0.25) is 5.91 Å². The molecule has 1 atom stereocenters. The van der Waals surface area contributed by atoms with Crippen molar-refractivity contribution in [3.63, 3.8) is 0 Å². The first-order valence-electron chi connectivity index (χ1n) is 7.04. The molecule has 1 aromatic heterocycles. The van der Waals surface area contributed by atoms with Crippen LogP contribution in [0.15, 0.2) is 30.5 Å². The minimum atomic E-state index is -0.530. The van der Waals surface area contributed by atoms with E-state index in [0.29, 0.717) is 28.8 Å². The average Bonchev–Trinajstić information content (AvgIpc) is 2.90. The lowest BCUT2D eigenvalue weighted by Gasteiger charge is -2.14. The van der Waals surface area contributed by atoms with Crippen LogP contribution in [0.25, 0.3) is 0 Å². The van der Waals surface area contributed by atoms with Crippen LogP contribution >= 0.6 is 35.6 Å². The van der Waals surface area contributed by atoms with Gasteiger partial charge < -0.3 is 11.1 Å². The Morgan fingerprint density at radius 2 is 2.00 bits per heavy atom. The number of carbonyl (C=O) groups excluding carboxylic acids is 1. The first kappa shape index (κ1) is 19.8. The lowest BCUT2D eigenvalue weighted by atomic mass is 10.2. The van der Waals surface area contributed by atoms with Crippen LogP contribution in [0.4, 0.5) is 5.82 Å². The van der Waals surface area contributed by atoms with Crippen molar-refractivity contribution in [3.05, 3.63) is 46.1 Å². The fourth-order valence-corrected chi connectivity index (χ4v) is 2.58. The highest BCUT2D eigenvalue weighted by atomic mass is 35.5. The number of rotatable bonds is 6. The summed E-state index contributed by atoms with van der Waals surface area (Å²) < 4.78 is 1.63. The second kappa shape index (κ2) is 9.13. The Hall–Kier alpha value is -1.27. The van der Waals surface area contributed by atoms with Crippen LogP contribution in [-0.4, -0.2) is 21.7 Å². The molecule has 0 saturated heterocycles. The predicted molar refractivity (Wildman–Crippen MR) is 96.6 cm³/mol. The molecule has 0 bridgehead atoms. The Kier molecular flexibility index (Phi) is 7.85. The van der Waals surface area contributed by atoms with Crippen molar-refractivity contribution in [2.45, 2.75) is 32.4 Å². The number of nitrogens with one attached hydrogen (secondary N) is 1. The van der Waals surface area contributed by atoms with E-state index in [-0.39, 0.29) is 18.3 Å². The number of amides is 1. The van der Waals surface area contributed by atoms with Gasteiger partial charge in [0.1, 0.15) is 5.82 Å². The van der Waals surface area contributed by atoms with E-state index in [1.165, 1.54) is 0 Å². The van der Waals surface area contributed by atoms with Gasteiger partial charge in [-0.1, -0.05) is 42.6 Å². The van der Waals surface area contributed by atoms with Crippen LogP contribution in [0.1, 0.15) is 25.3 Å². The third-order valence-electron chi connectivity index (χ3n) is 3.27. The van der Waals surface area contributed by atoms with Crippen molar-refractivity contribution in [2.24, 2.45) is 5.73 Å². The molecule has 2 aromatic rings. The summed E-state index contributed by atoms with van der Waals surface area (Å²) in [4.78, 5) is 12.0. The SMILES string of the molecule is CCCC(N)C(=O)Nc1ccnn1Cc1c(Cl)cccc1Cl.Cl.